The molecule has 112 valence electrons. The molecule has 2 aromatic rings. The van der Waals surface area contributed by atoms with Gasteiger partial charge in [-0.15, -0.1) is 0 Å². The van der Waals surface area contributed by atoms with E-state index in [1.54, 1.807) is 12.1 Å². The van der Waals surface area contributed by atoms with Gasteiger partial charge in [-0.05, 0) is 29.8 Å². The lowest BCUT2D eigenvalue weighted by Crippen LogP contribution is -2.28. The molecule has 2 rings (SSSR count). The summed E-state index contributed by atoms with van der Waals surface area (Å²) in [5.74, 6) is -0.897. The van der Waals surface area contributed by atoms with E-state index in [0.717, 1.165) is 10.4 Å². The highest BCUT2D eigenvalue weighted by Gasteiger charge is 2.26. The fourth-order valence-electron chi connectivity index (χ4n) is 1.68. The first-order valence-electron chi connectivity index (χ1n) is 5.83. The highest BCUT2D eigenvalue weighted by atomic mass is 35.5. The fraction of sp³-hybridized carbons (Fsp3) is 0.154. The summed E-state index contributed by atoms with van der Waals surface area (Å²) >= 11 is 11.8. The summed E-state index contributed by atoms with van der Waals surface area (Å²) in [6, 6.07) is 7.10. The van der Waals surface area contributed by atoms with Crippen LogP contribution < -0.4 is 0 Å². The molecule has 0 bridgehead atoms. The van der Waals surface area contributed by atoms with Crippen LogP contribution in [0, 0.1) is 5.82 Å². The number of benzene rings is 1. The summed E-state index contributed by atoms with van der Waals surface area (Å²) in [7, 11) is -2.71. The minimum Gasteiger partial charge on any atom is -0.241 e. The van der Waals surface area contributed by atoms with Crippen molar-refractivity contribution in [1.29, 1.82) is 0 Å². The molecule has 21 heavy (non-hydrogen) atoms. The third kappa shape index (κ3) is 3.52. The van der Waals surface area contributed by atoms with Crippen LogP contribution in [0.3, 0.4) is 0 Å². The van der Waals surface area contributed by atoms with Crippen molar-refractivity contribution >= 4 is 33.2 Å². The van der Waals surface area contributed by atoms with Crippen LogP contribution in [0.2, 0.25) is 10.0 Å². The summed E-state index contributed by atoms with van der Waals surface area (Å²) in [5.41, 5.74) is 0.559. The molecule has 0 aliphatic heterocycles. The second kappa shape index (κ2) is 6.27. The Morgan fingerprint density at radius 1 is 1.29 bits per heavy atom. The van der Waals surface area contributed by atoms with Gasteiger partial charge in [0.2, 0.25) is 5.03 Å². The topological polar surface area (TPSA) is 50.3 Å². The van der Waals surface area contributed by atoms with Crippen LogP contribution in [0.1, 0.15) is 5.56 Å². The minimum absolute atomic E-state index is 0.0195. The summed E-state index contributed by atoms with van der Waals surface area (Å²) in [6.07, 6.45) is 1.22. The van der Waals surface area contributed by atoms with Gasteiger partial charge in [-0.2, -0.15) is 4.31 Å². The van der Waals surface area contributed by atoms with Crippen LogP contribution >= 0.6 is 23.2 Å². The maximum absolute atomic E-state index is 13.6. The molecule has 0 saturated carbocycles. The van der Waals surface area contributed by atoms with E-state index in [-0.39, 0.29) is 6.54 Å². The number of sulfonamides is 1. The smallest absolute Gasteiger partial charge is 0.241 e. The Labute approximate surface area is 132 Å². The second-order valence-corrected chi connectivity index (χ2v) is 7.09. The highest BCUT2D eigenvalue weighted by molar-refractivity contribution is 7.89. The predicted molar refractivity (Wildman–Crippen MR) is 79.3 cm³/mol. The van der Waals surface area contributed by atoms with Gasteiger partial charge < -0.3 is 0 Å². The first kappa shape index (κ1) is 16.2. The Kier molecular flexibility index (Phi) is 4.83. The van der Waals surface area contributed by atoms with E-state index in [2.05, 4.69) is 4.98 Å². The molecule has 0 saturated heterocycles. The van der Waals surface area contributed by atoms with Gasteiger partial charge in [0.05, 0.1) is 0 Å². The van der Waals surface area contributed by atoms with E-state index in [4.69, 9.17) is 23.2 Å². The van der Waals surface area contributed by atoms with Crippen molar-refractivity contribution in [2.45, 2.75) is 11.6 Å². The molecule has 0 unspecified atom stereocenters. The number of nitrogens with zero attached hydrogens (tertiary/aromatic N) is 2. The number of hydrogen-bond acceptors (Lipinski definition) is 3. The molecule has 0 atom stereocenters. The molecular formula is C13H11Cl2FN2O2S. The molecular weight excluding hydrogens is 338 g/mol. The predicted octanol–water partition coefficient (Wildman–Crippen LogP) is 3.35. The van der Waals surface area contributed by atoms with E-state index in [0.29, 0.717) is 15.6 Å². The van der Waals surface area contributed by atoms with Crippen molar-refractivity contribution in [3.63, 3.8) is 0 Å². The SMILES string of the molecule is CN(Cc1ccc(Cl)cc1Cl)S(=O)(=O)c1ncccc1F. The van der Waals surface area contributed by atoms with E-state index >= 15 is 0 Å². The minimum atomic E-state index is -4.04. The number of aromatic nitrogens is 1. The van der Waals surface area contributed by atoms with Crippen molar-refractivity contribution in [3.05, 3.63) is 58.0 Å². The van der Waals surface area contributed by atoms with Gasteiger partial charge in [0.25, 0.3) is 10.0 Å². The van der Waals surface area contributed by atoms with Gasteiger partial charge in [-0.3, -0.25) is 0 Å². The van der Waals surface area contributed by atoms with E-state index in [1.807, 2.05) is 0 Å². The van der Waals surface area contributed by atoms with Crippen molar-refractivity contribution in [1.82, 2.24) is 9.29 Å². The quantitative estimate of drug-likeness (QED) is 0.851. The number of halogens is 3. The molecule has 0 aliphatic rings. The molecule has 0 radical (unpaired) electrons. The van der Waals surface area contributed by atoms with Gasteiger partial charge in [-0.25, -0.2) is 17.8 Å². The Hall–Kier alpha value is -1.21. The van der Waals surface area contributed by atoms with Crippen molar-refractivity contribution in [2.24, 2.45) is 0 Å². The monoisotopic (exact) mass is 348 g/mol. The molecule has 0 fully saturated rings. The van der Waals surface area contributed by atoms with E-state index in [9.17, 15) is 12.8 Å². The third-order valence-corrected chi connectivity index (χ3v) is 5.11. The summed E-state index contributed by atoms with van der Waals surface area (Å²) < 4.78 is 39.2. The maximum Gasteiger partial charge on any atom is 0.263 e. The zero-order valence-electron chi connectivity index (χ0n) is 10.9. The van der Waals surface area contributed by atoms with E-state index in [1.165, 1.54) is 25.4 Å². The number of pyridine rings is 1. The summed E-state index contributed by atoms with van der Waals surface area (Å²) in [5, 5.41) is 0.175. The van der Waals surface area contributed by atoms with Crippen molar-refractivity contribution in [2.75, 3.05) is 7.05 Å². The normalized spacial score (nSPS) is 11.9. The maximum atomic E-state index is 13.6. The first-order valence-corrected chi connectivity index (χ1v) is 8.03. The van der Waals surface area contributed by atoms with Crippen molar-refractivity contribution in [3.8, 4) is 0 Å². The first-order chi connectivity index (χ1) is 9.82. The highest BCUT2D eigenvalue weighted by Crippen LogP contribution is 2.24. The standard InChI is InChI=1S/C13H11Cl2FN2O2S/c1-18(8-9-4-5-10(14)7-11(9)15)21(19,20)13-12(16)3-2-6-17-13/h2-7H,8H2,1H3. The summed E-state index contributed by atoms with van der Waals surface area (Å²) in [6.45, 7) is -0.0195. The van der Waals surface area contributed by atoms with Gasteiger partial charge >= 0.3 is 0 Å². The van der Waals surface area contributed by atoms with Crippen LogP contribution in [0.4, 0.5) is 4.39 Å². The molecule has 0 spiro atoms. The Morgan fingerprint density at radius 3 is 2.62 bits per heavy atom. The largest absolute Gasteiger partial charge is 0.263 e. The molecule has 8 heteroatoms. The van der Waals surface area contributed by atoms with Gasteiger partial charge in [-0.1, -0.05) is 29.3 Å². The van der Waals surface area contributed by atoms with E-state index < -0.39 is 20.9 Å². The van der Waals surface area contributed by atoms with Crippen LogP contribution in [-0.4, -0.2) is 24.8 Å². The Balaban J connectivity index is 2.31. The van der Waals surface area contributed by atoms with Gasteiger partial charge in [0.15, 0.2) is 5.82 Å². The third-order valence-electron chi connectivity index (χ3n) is 2.79. The molecule has 0 amide bonds. The molecule has 1 aromatic heterocycles. The van der Waals surface area contributed by atoms with Crippen molar-refractivity contribution < 1.29 is 12.8 Å². The second-order valence-electron chi connectivity index (χ2n) is 4.29. The molecule has 1 heterocycles. The average molecular weight is 349 g/mol. The van der Waals surface area contributed by atoms with Crippen LogP contribution in [0.25, 0.3) is 0 Å². The van der Waals surface area contributed by atoms with Gasteiger partial charge in [0.1, 0.15) is 0 Å². The average Bonchev–Trinajstić information content (AvgIpc) is 2.42. The lowest BCUT2D eigenvalue weighted by molar-refractivity contribution is 0.455. The van der Waals surface area contributed by atoms with Gasteiger partial charge in [0, 0.05) is 29.8 Å². The van der Waals surface area contributed by atoms with Crippen LogP contribution in [-0.2, 0) is 16.6 Å². The molecule has 0 N–H and O–H groups in total. The van der Waals surface area contributed by atoms with Crippen LogP contribution in [0.5, 0.6) is 0 Å². The Bertz CT molecular complexity index is 769. The molecule has 4 nitrogen and oxygen atoms in total. The number of hydrogen-bond donors (Lipinski definition) is 0. The Morgan fingerprint density at radius 2 is 2.00 bits per heavy atom. The number of rotatable bonds is 4. The summed E-state index contributed by atoms with van der Waals surface area (Å²) in [4.78, 5) is 3.59. The molecule has 1 aromatic carbocycles. The lowest BCUT2D eigenvalue weighted by Gasteiger charge is -2.17. The fourth-order valence-corrected chi connectivity index (χ4v) is 3.26. The van der Waals surface area contributed by atoms with Crippen LogP contribution in [0.15, 0.2) is 41.6 Å². The lowest BCUT2D eigenvalue weighted by atomic mass is 10.2. The zero-order valence-corrected chi connectivity index (χ0v) is 13.3. The zero-order chi connectivity index (χ0) is 15.6. The molecule has 0 aliphatic carbocycles.